The summed E-state index contributed by atoms with van der Waals surface area (Å²) in [5.74, 6) is 0. The van der Waals surface area contributed by atoms with Crippen molar-refractivity contribution in [1.82, 2.24) is 10.3 Å². The SMILES string of the molecule is CCCNC(Cc1cccnc1)c1ccoc1Br. The van der Waals surface area contributed by atoms with Crippen LogP contribution in [-0.4, -0.2) is 11.5 Å². The first-order valence-corrected chi connectivity index (χ1v) is 6.95. The van der Waals surface area contributed by atoms with E-state index in [0.717, 1.165) is 29.6 Å². The van der Waals surface area contributed by atoms with Crippen molar-refractivity contribution in [2.45, 2.75) is 25.8 Å². The largest absolute Gasteiger partial charge is 0.457 e. The van der Waals surface area contributed by atoms with Crippen molar-refractivity contribution < 1.29 is 4.42 Å². The van der Waals surface area contributed by atoms with Crippen molar-refractivity contribution in [2.24, 2.45) is 0 Å². The lowest BCUT2D eigenvalue weighted by Gasteiger charge is -2.17. The maximum atomic E-state index is 5.32. The molecular weight excluding hydrogens is 292 g/mol. The van der Waals surface area contributed by atoms with E-state index < -0.39 is 0 Å². The molecule has 0 fully saturated rings. The first-order valence-electron chi connectivity index (χ1n) is 6.16. The first kappa shape index (κ1) is 13.3. The van der Waals surface area contributed by atoms with Gasteiger partial charge in [0.05, 0.1) is 6.26 Å². The molecule has 2 rings (SSSR count). The summed E-state index contributed by atoms with van der Waals surface area (Å²) in [5.41, 5.74) is 2.38. The Labute approximate surface area is 116 Å². The van der Waals surface area contributed by atoms with Crippen molar-refractivity contribution >= 4 is 15.9 Å². The molecule has 1 atom stereocenters. The number of aromatic nitrogens is 1. The number of hydrogen-bond acceptors (Lipinski definition) is 3. The summed E-state index contributed by atoms with van der Waals surface area (Å²) in [6, 6.07) is 6.33. The second kappa shape index (κ2) is 6.71. The minimum absolute atomic E-state index is 0.252. The third-order valence-electron chi connectivity index (χ3n) is 2.82. The van der Waals surface area contributed by atoms with Crippen LogP contribution in [0.15, 0.2) is 45.9 Å². The molecule has 2 aromatic rings. The zero-order valence-corrected chi connectivity index (χ0v) is 12.0. The average molecular weight is 309 g/mol. The number of furan rings is 1. The second-order valence-corrected chi connectivity index (χ2v) is 4.94. The summed E-state index contributed by atoms with van der Waals surface area (Å²) >= 11 is 3.45. The van der Waals surface area contributed by atoms with Crippen LogP contribution in [0.5, 0.6) is 0 Å². The quantitative estimate of drug-likeness (QED) is 0.884. The minimum Gasteiger partial charge on any atom is -0.457 e. The van der Waals surface area contributed by atoms with Gasteiger partial charge in [-0.25, -0.2) is 0 Å². The van der Waals surface area contributed by atoms with Gasteiger partial charge in [-0.15, -0.1) is 0 Å². The molecule has 0 aromatic carbocycles. The maximum Gasteiger partial charge on any atom is 0.173 e. The highest BCUT2D eigenvalue weighted by molar-refractivity contribution is 9.10. The summed E-state index contributed by atoms with van der Waals surface area (Å²) in [5, 5.41) is 3.54. The fourth-order valence-electron chi connectivity index (χ4n) is 1.92. The molecular formula is C14H17BrN2O. The molecule has 0 spiro atoms. The molecule has 0 amide bonds. The lowest BCUT2D eigenvalue weighted by Crippen LogP contribution is -2.24. The molecule has 0 aliphatic heterocycles. The zero-order chi connectivity index (χ0) is 12.8. The van der Waals surface area contributed by atoms with E-state index in [1.54, 1.807) is 12.5 Å². The topological polar surface area (TPSA) is 38.1 Å². The molecule has 3 nitrogen and oxygen atoms in total. The third-order valence-corrected chi connectivity index (χ3v) is 3.47. The smallest absolute Gasteiger partial charge is 0.173 e. The van der Waals surface area contributed by atoms with Crippen molar-refractivity contribution in [3.05, 3.63) is 52.7 Å². The molecule has 0 aliphatic rings. The molecule has 1 unspecified atom stereocenters. The maximum absolute atomic E-state index is 5.32. The van der Waals surface area contributed by atoms with Crippen molar-refractivity contribution in [1.29, 1.82) is 0 Å². The van der Waals surface area contributed by atoms with Crippen LogP contribution in [0.2, 0.25) is 0 Å². The van der Waals surface area contributed by atoms with Crippen LogP contribution in [0.1, 0.15) is 30.5 Å². The molecule has 18 heavy (non-hydrogen) atoms. The lowest BCUT2D eigenvalue weighted by atomic mass is 10.0. The minimum atomic E-state index is 0.252. The summed E-state index contributed by atoms with van der Waals surface area (Å²) in [4.78, 5) is 4.16. The standard InChI is InChI=1S/C14H17BrN2O/c1-2-6-17-13(12-5-8-18-14(12)15)9-11-4-3-7-16-10-11/h3-5,7-8,10,13,17H,2,6,9H2,1H3. The third kappa shape index (κ3) is 3.43. The highest BCUT2D eigenvalue weighted by atomic mass is 79.9. The van der Waals surface area contributed by atoms with E-state index in [9.17, 15) is 0 Å². The molecule has 1 N–H and O–H groups in total. The Hall–Kier alpha value is -1.13. The van der Waals surface area contributed by atoms with Gasteiger partial charge in [0.2, 0.25) is 0 Å². The van der Waals surface area contributed by atoms with Crippen molar-refractivity contribution in [3.63, 3.8) is 0 Å². The molecule has 96 valence electrons. The Kier molecular flexibility index (Phi) is 4.96. The van der Waals surface area contributed by atoms with Gasteiger partial charge in [0.1, 0.15) is 0 Å². The first-order chi connectivity index (χ1) is 8.81. The van der Waals surface area contributed by atoms with Crippen LogP contribution in [0.25, 0.3) is 0 Å². The van der Waals surface area contributed by atoms with Gasteiger partial charge < -0.3 is 9.73 Å². The average Bonchev–Trinajstić information content (AvgIpc) is 2.82. The van der Waals surface area contributed by atoms with Crippen LogP contribution >= 0.6 is 15.9 Å². The fourth-order valence-corrected chi connectivity index (χ4v) is 2.44. The highest BCUT2D eigenvalue weighted by Crippen LogP contribution is 2.27. The van der Waals surface area contributed by atoms with Gasteiger partial charge in [-0.3, -0.25) is 4.98 Å². The predicted molar refractivity (Wildman–Crippen MR) is 75.4 cm³/mol. The molecule has 2 heterocycles. The molecule has 4 heteroatoms. The van der Waals surface area contributed by atoms with Crippen LogP contribution in [0.4, 0.5) is 0 Å². The van der Waals surface area contributed by atoms with E-state index in [0.29, 0.717) is 0 Å². The fraction of sp³-hybridized carbons (Fsp3) is 0.357. The van der Waals surface area contributed by atoms with Crippen LogP contribution < -0.4 is 5.32 Å². The van der Waals surface area contributed by atoms with Gasteiger partial charge in [-0.05, 0) is 53.0 Å². The van der Waals surface area contributed by atoms with Gasteiger partial charge in [-0.1, -0.05) is 13.0 Å². The summed E-state index contributed by atoms with van der Waals surface area (Å²) in [7, 11) is 0. The number of rotatable bonds is 6. The lowest BCUT2D eigenvalue weighted by molar-refractivity contribution is 0.497. The Bertz CT molecular complexity index is 470. The molecule has 0 bridgehead atoms. The van der Waals surface area contributed by atoms with Gasteiger partial charge in [0.15, 0.2) is 4.67 Å². The Morgan fingerprint density at radius 2 is 2.33 bits per heavy atom. The zero-order valence-electron chi connectivity index (χ0n) is 10.4. The van der Waals surface area contributed by atoms with Crippen LogP contribution in [-0.2, 0) is 6.42 Å². The van der Waals surface area contributed by atoms with Crippen molar-refractivity contribution in [3.8, 4) is 0 Å². The van der Waals surface area contributed by atoms with E-state index in [1.165, 1.54) is 5.56 Å². The number of pyridine rings is 1. The second-order valence-electron chi connectivity index (χ2n) is 4.22. The van der Waals surface area contributed by atoms with E-state index >= 15 is 0 Å². The highest BCUT2D eigenvalue weighted by Gasteiger charge is 2.16. The predicted octanol–water partition coefficient (Wildman–Crippen LogP) is 3.72. The Morgan fingerprint density at radius 1 is 1.44 bits per heavy atom. The van der Waals surface area contributed by atoms with Crippen molar-refractivity contribution in [2.75, 3.05) is 6.54 Å². The van der Waals surface area contributed by atoms with Crippen LogP contribution in [0, 0.1) is 0 Å². The molecule has 0 saturated heterocycles. The number of halogens is 1. The monoisotopic (exact) mass is 308 g/mol. The normalized spacial score (nSPS) is 12.6. The molecule has 0 saturated carbocycles. The Morgan fingerprint density at radius 3 is 2.94 bits per heavy atom. The van der Waals surface area contributed by atoms with Crippen LogP contribution in [0.3, 0.4) is 0 Å². The molecule has 0 radical (unpaired) electrons. The number of nitrogens with zero attached hydrogens (tertiary/aromatic N) is 1. The Balaban J connectivity index is 2.13. The number of hydrogen-bond donors (Lipinski definition) is 1. The van der Waals surface area contributed by atoms with E-state index in [1.807, 2.05) is 18.3 Å². The summed E-state index contributed by atoms with van der Waals surface area (Å²) in [6.07, 6.45) is 7.44. The van der Waals surface area contributed by atoms with E-state index in [-0.39, 0.29) is 6.04 Å². The van der Waals surface area contributed by atoms with Gasteiger partial charge in [-0.2, -0.15) is 0 Å². The summed E-state index contributed by atoms with van der Waals surface area (Å²) in [6.45, 7) is 3.15. The van der Waals surface area contributed by atoms with Gasteiger partial charge >= 0.3 is 0 Å². The summed E-state index contributed by atoms with van der Waals surface area (Å²) < 4.78 is 6.13. The molecule has 2 aromatic heterocycles. The number of nitrogens with one attached hydrogen (secondary N) is 1. The van der Waals surface area contributed by atoms with Gasteiger partial charge in [0.25, 0.3) is 0 Å². The van der Waals surface area contributed by atoms with E-state index in [4.69, 9.17) is 4.42 Å². The van der Waals surface area contributed by atoms with E-state index in [2.05, 4.69) is 39.2 Å². The van der Waals surface area contributed by atoms with Gasteiger partial charge in [0, 0.05) is 24.0 Å². The molecule has 0 aliphatic carbocycles.